The third-order valence-electron chi connectivity index (χ3n) is 2.12. The van der Waals surface area contributed by atoms with E-state index in [-0.39, 0.29) is 4.83 Å². The van der Waals surface area contributed by atoms with E-state index in [1.807, 2.05) is 12.3 Å². The quantitative estimate of drug-likeness (QED) is 0.813. The van der Waals surface area contributed by atoms with E-state index in [0.29, 0.717) is 18.1 Å². The summed E-state index contributed by atoms with van der Waals surface area (Å²) in [7, 11) is 0. The fourth-order valence-corrected chi connectivity index (χ4v) is 2.09. The van der Waals surface area contributed by atoms with Crippen molar-refractivity contribution < 1.29 is 4.52 Å². The van der Waals surface area contributed by atoms with Gasteiger partial charge in [0.15, 0.2) is 5.82 Å². The molecule has 0 fully saturated rings. The molecule has 16 heavy (non-hydrogen) atoms. The lowest BCUT2D eigenvalue weighted by Crippen LogP contribution is -1.93. The molecule has 0 spiro atoms. The van der Waals surface area contributed by atoms with Crippen molar-refractivity contribution in [1.82, 2.24) is 15.1 Å². The molecule has 1 atom stereocenters. The number of hydrogen-bond donors (Lipinski definition) is 0. The van der Waals surface area contributed by atoms with Gasteiger partial charge in [-0.15, -0.1) is 11.3 Å². The molecule has 1 unspecified atom stereocenters. The van der Waals surface area contributed by atoms with Gasteiger partial charge in [0.25, 0.3) is 0 Å². The summed E-state index contributed by atoms with van der Waals surface area (Å²) in [6.45, 7) is 4.05. The average Bonchev–Trinajstić information content (AvgIpc) is 2.87. The van der Waals surface area contributed by atoms with E-state index in [2.05, 4.69) is 38.0 Å². The molecular formula is C10H12BrN3OS. The Labute approximate surface area is 106 Å². The molecule has 0 saturated heterocycles. The van der Waals surface area contributed by atoms with Crippen molar-refractivity contribution >= 4 is 27.3 Å². The minimum atomic E-state index is 0.144. The molecule has 2 aromatic heterocycles. The summed E-state index contributed by atoms with van der Waals surface area (Å²) in [6.07, 6.45) is 1.56. The van der Waals surface area contributed by atoms with Crippen LogP contribution in [0.3, 0.4) is 0 Å². The van der Waals surface area contributed by atoms with E-state index in [1.165, 1.54) is 0 Å². The highest BCUT2D eigenvalue weighted by molar-refractivity contribution is 9.09. The van der Waals surface area contributed by atoms with Gasteiger partial charge in [-0.25, -0.2) is 4.98 Å². The summed E-state index contributed by atoms with van der Waals surface area (Å²) in [5.41, 5.74) is 0.998. The van der Waals surface area contributed by atoms with Gasteiger partial charge in [0, 0.05) is 5.38 Å². The molecular weight excluding hydrogens is 290 g/mol. The summed E-state index contributed by atoms with van der Waals surface area (Å²) >= 11 is 5.11. The molecule has 0 aliphatic rings. The highest BCUT2D eigenvalue weighted by atomic mass is 79.9. The predicted molar refractivity (Wildman–Crippen MR) is 65.9 cm³/mol. The van der Waals surface area contributed by atoms with Crippen molar-refractivity contribution in [2.24, 2.45) is 0 Å². The highest BCUT2D eigenvalue weighted by Gasteiger charge is 2.14. The number of aryl methyl sites for hydroxylation is 1. The second-order valence-corrected chi connectivity index (χ2v) is 5.63. The van der Waals surface area contributed by atoms with Crippen LogP contribution >= 0.6 is 27.3 Å². The molecule has 0 bridgehead atoms. The number of nitrogens with zero attached hydrogens (tertiary/aromatic N) is 3. The SMILES string of the molecule is CCC(Br)c1nc(Cc2csc(C)n2)no1. The molecule has 0 amide bonds. The molecule has 2 heterocycles. The number of hydrogen-bond acceptors (Lipinski definition) is 5. The Balaban J connectivity index is 2.08. The fourth-order valence-electron chi connectivity index (χ4n) is 1.29. The molecule has 2 rings (SSSR count). The molecule has 0 saturated carbocycles. The Morgan fingerprint density at radius 2 is 2.31 bits per heavy atom. The Morgan fingerprint density at radius 1 is 1.50 bits per heavy atom. The monoisotopic (exact) mass is 301 g/mol. The Morgan fingerprint density at radius 3 is 2.94 bits per heavy atom. The number of thiazole rings is 1. The maximum atomic E-state index is 5.16. The molecule has 4 nitrogen and oxygen atoms in total. The minimum Gasteiger partial charge on any atom is -0.338 e. The van der Waals surface area contributed by atoms with Gasteiger partial charge in [-0.3, -0.25) is 0 Å². The van der Waals surface area contributed by atoms with Gasteiger partial charge in [0.2, 0.25) is 5.89 Å². The van der Waals surface area contributed by atoms with Crippen molar-refractivity contribution in [2.45, 2.75) is 31.5 Å². The van der Waals surface area contributed by atoms with Crippen LogP contribution in [0.4, 0.5) is 0 Å². The maximum absolute atomic E-state index is 5.16. The third kappa shape index (κ3) is 2.68. The summed E-state index contributed by atoms with van der Waals surface area (Å²) in [5, 5.41) is 7.02. The van der Waals surface area contributed by atoms with Gasteiger partial charge in [0.05, 0.1) is 21.9 Å². The number of aromatic nitrogens is 3. The molecule has 0 aliphatic heterocycles. The normalized spacial score (nSPS) is 12.9. The standard InChI is InChI=1S/C10H12BrN3OS/c1-3-8(11)10-13-9(14-15-10)4-7-5-16-6(2)12-7/h5,8H,3-4H2,1-2H3. The molecule has 86 valence electrons. The summed E-state index contributed by atoms with van der Waals surface area (Å²) in [6, 6.07) is 0. The lowest BCUT2D eigenvalue weighted by atomic mass is 10.3. The number of halogens is 1. The molecule has 6 heteroatoms. The average molecular weight is 302 g/mol. The van der Waals surface area contributed by atoms with Crippen LogP contribution in [-0.4, -0.2) is 15.1 Å². The van der Waals surface area contributed by atoms with Crippen LogP contribution in [0.25, 0.3) is 0 Å². The van der Waals surface area contributed by atoms with E-state index in [0.717, 1.165) is 17.1 Å². The fraction of sp³-hybridized carbons (Fsp3) is 0.500. The number of rotatable bonds is 4. The van der Waals surface area contributed by atoms with Crippen LogP contribution in [-0.2, 0) is 6.42 Å². The second kappa shape index (κ2) is 5.05. The van der Waals surface area contributed by atoms with Crippen molar-refractivity contribution in [3.05, 3.63) is 27.8 Å². The van der Waals surface area contributed by atoms with Crippen LogP contribution in [0.5, 0.6) is 0 Å². The predicted octanol–water partition coefficient (Wildman–Crippen LogP) is 3.27. The topological polar surface area (TPSA) is 51.8 Å². The minimum absolute atomic E-state index is 0.144. The van der Waals surface area contributed by atoms with Gasteiger partial charge in [-0.05, 0) is 13.3 Å². The van der Waals surface area contributed by atoms with Crippen molar-refractivity contribution in [3.63, 3.8) is 0 Å². The lowest BCUT2D eigenvalue weighted by Gasteiger charge is -1.96. The van der Waals surface area contributed by atoms with Crippen LogP contribution in [0.1, 0.15) is 40.6 Å². The smallest absolute Gasteiger partial charge is 0.240 e. The van der Waals surface area contributed by atoms with E-state index in [1.54, 1.807) is 11.3 Å². The van der Waals surface area contributed by atoms with Crippen LogP contribution in [0, 0.1) is 6.92 Å². The lowest BCUT2D eigenvalue weighted by molar-refractivity contribution is 0.372. The first kappa shape index (κ1) is 11.7. The highest BCUT2D eigenvalue weighted by Crippen LogP contribution is 2.24. The Bertz CT molecular complexity index is 468. The zero-order valence-corrected chi connectivity index (χ0v) is 11.5. The first-order chi connectivity index (χ1) is 7.69. The van der Waals surface area contributed by atoms with Gasteiger partial charge in [-0.2, -0.15) is 4.98 Å². The van der Waals surface area contributed by atoms with E-state index >= 15 is 0 Å². The van der Waals surface area contributed by atoms with Gasteiger partial charge in [0.1, 0.15) is 0 Å². The van der Waals surface area contributed by atoms with Crippen LogP contribution in [0.15, 0.2) is 9.90 Å². The zero-order chi connectivity index (χ0) is 11.5. The first-order valence-corrected chi connectivity index (χ1v) is 6.86. The Hall–Kier alpha value is -0.750. The summed E-state index contributed by atoms with van der Waals surface area (Å²) in [4.78, 5) is 8.84. The summed E-state index contributed by atoms with van der Waals surface area (Å²) in [5.74, 6) is 1.34. The van der Waals surface area contributed by atoms with Gasteiger partial charge >= 0.3 is 0 Å². The largest absolute Gasteiger partial charge is 0.338 e. The molecule has 0 radical (unpaired) electrons. The van der Waals surface area contributed by atoms with Crippen molar-refractivity contribution in [1.29, 1.82) is 0 Å². The van der Waals surface area contributed by atoms with Gasteiger partial charge < -0.3 is 4.52 Å². The van der Waals surface area contributed by atoms with E-state index in [4.69, 9.17) is 4.52 Å². The summed E-state index contributed by atoms with van der Waals surface area (Å²) < 4.78 is 5.16. The van der Waals surface area contributed by atoms with Gasteiger partial charge in [-0.1, -0.05) is 28.0 Å². The van der Waals surface area contributed by atoms with Crippen LogP contribution in [0.2, 0.25) is 0 Å². The first-order valence-electron chi connectivity index (χ1n) is 5.06. The zero-order valence-electron chi connectivity index (χ0n) is 9.11. The number of alkyl halides is 1. The molecule has 0 aromatic carbocycles. The van der Waals surface area contributed by atoms with E-state index in [9.17, 15) is 0 Å². The second-order valence-electron chi connectivity index (χ2n) is 3.46. The Kier molecular flexibility index (Phi) is 3.70. The van der Waals surface area contributed by atoms with E-state index < -0.39 is 0 Å². The molecule has 2 aromatic rings. The van der Waals surface area contributed by atoms with Crippen LogP contribution < -0.4 is 0 Å². The molecule has 0 aliphatic carbocycles. The third-order valence-corrected chi connectivity index (χ3v) is 3.98. The molecule has 0 N–H and O–H groups in total. The van der Waals surface area contributed by atoms with Crippen molar-refractivity contribution in [2.75, 3.05) is 0 Å². The van der Waals surface area contributed by atoms with Crippen molar-refractivity contribution in [3.8, 4) is 0 Å². The maximum Gasteiger partial charge on any atom is 0.240 e.